The maximum absolute atomic E-state index is 13.2. The second kappa shape index (κ2) is 9.14. The van der Waals surface area contributed by atoms with Gasteiger partial charge in [0.15, 0.2) is 5.76 Å². The molecular weight excluding hydrogens is 367 g/mol. The Balaban J connectivity index is 1.52. The Morgan fingerprint density at radius 1 is 1.11 bits per heavy atom. The minimum Gasteiger partial charge on any atom is -0.459 e. The largest absolute Gasteiger partial charge is 0.459 e. The van der Waals surface area contributed by atoms with Crippen LogP contribution in [-0.4, -0.2) is 18.4 Å². The van der Waals surface area contributed by atoms with Gasteiger partial charge < -0.3 is 15.1 Å². The van der Waals surface area contributed by atoms with Crippen molar-refractivity contribution in [3.05, 3.63) is 82.2 Å². The highest BCUT2D eigenvalue weighted by molar-refractivity contribution is 7.10. The molecule has 7 heteroatoms. The van der Waals surface area contributed by atoms with Crippen LogP contribution in [0.2, 0.25) is 0 Å². The van der Waals surface area contributed by atoms with Crippen LogP contribution in [0.5, 0.6) is 0 Å². The van der Waals surface area contributed by atoms with Crippen molar-refractivity contribution in [1.29, 1.82) is 0 Å². The molecule has 1 aromatic carbocycles. The van der Waals surface area contributed by atoms with Crippen LogP contribution in [0.3, 0.4) is 0 Å². The van der Waals surface area contributed by atoms with Gasteiger partial charge >= 0.3 is 0 Å². The molecule has 0 saturated carbocycles. The molecule has 2 heterocycles. The SMILES string of the molecule is O=C(CCCNC(=O)c1ccco1)N[C@H](c1ccc(F)cc1)c1cccs1. The Morgan fingerprint density at radius 2 is 1.93 bits per heavy atom. The first-order valence-electron chi connectivity index (χ1n) is 8.53. The molecule has 0 unspecified atom stereocenters. The fourth-order valence-electron chi connectivity index (χ4n) is 2.61. The van der Waals surface area contributed by atoms with Crippen LogP contribution in [0.25, 0.3) is 0 Å². The van der Waals surface area contributed by atoms with Gasteiger partial charge in [-0.25, -0.2) is 4.39 Å². The molecule has 0 spiro atoms. The summed E-state index contributed by atoms with van der Waals surface area (Å²) in [5.41, 5.74) is 0.818. The molecule has 0 radical (unpaired) electrons. The minimum absolute atomic E-state index is 0.134. The quantitative estimate of drug-likeness (QED) is 0.577. The van der Waals surface area contributed by atoms with Gasteiger partial charge in [-0.15, -0.1) is 11.3 Å². The van der Waals surface area contributed by atoms with Crippen molar-refractivity contribution in [2.24, 2.45) is 0 Å². The lowest BCUT2D eigenvalue weighted by Gasteiger charge is -2.18. The summed E-state index contributed by atoms with van der Waals surface area (Å²) in [6.07, 6.45) is 2.20. The van der Waals surface area contributed by atoms with Crippen molar-refractivity contribution in [2.45, 2.75) is 18.9 Å². The molecule has 0 fully saturated rings. The number of furan rings is 1. The molecule has 0 saturated heterocycles. The van der Waals surface area contributed by atoms with Gasteiger partial charge in [0, 0.05) is 17.8 Å². The highest BCUT2D eigenvalue weighted by Crippen LogP contribution is 2.26. The highest BCUT2D eigenvalue weighted by Gasteiger charge is 2.18. The van der Waals surface area contributed by atoms with Crippen LogP contribution in [0.1, 0.15) is 39.9 Å². The van der Waals surface area contributed by atoms with Crippen molar-refractivity contribution in [3.63, 3.8) is 0 Å². The van der Waals surface area contributed by atoms with Crippen LogP contribution >= 0.6 is 11.3 Å². The summed E-state index contributed by atoms with van der Waals surface area (Å²) >= 11 is 1.53. The predicted molar refractivity (Wildman–Crippen MR) is 101 cm³/mol. The summed E-state index contributed by atoms with van der Waals surface area (Å²) < 4.78 is 18.2. The van der Waals surface area contributed by atoms with E-state index in [0.717, 1.165) is 10.4 Å². The number of amides is 2. The Labute approximate surface area is 160 Å². The average Bonchev–Trinajstić information content (AvgIpc) is 3.38. The van der Waals surface area contributed by atoms with Gasteiger partial charge in [-0.2, -0.15) is 0 Å². The van der Waals surface area contributed by atoms with E-state index in [4.69, 9.17) is 4.42 Å². The predicted octanol–water partition coefficient (Wildman–Crippen LogP) is 3.90. The molecule has 0 aliphatic carbocycles. The Bertz CT molecular complexity index is 861. The molecule has 0 aliphatic rings. The summed E-state index contributed by atoms with van der Waals surface area (Å²) in [5, 5.41) is 7.63. The number of hydrogen-bond acceptors (Lipinski definition) is 4. The molecule has 2 N–H and O–H groups in total. The van der Waals surface area contributed by atoms with E-state index < -0.39 is 0 Å². The second-order valence-corrected chi connectivity index (χ2v) is 6.88. The van der Waals surface area contributed by atoms with E-state index in [0.29, 0.717) is 13.0 Å². The van der Waals surface area contributed by atoms with E-state index in [2.05, 4.69) is 10.6 Å². The molecular formula is C20H19FN2O3S. The molecule has 27 heavy (non-hydrogen) atoms. The number of halogens is 1. The molecule has 0 aliphatic heterocycles. The lowest BCUT2D eigenvalue weighted by atomic mass is 10.0. The number of benzene rings is 1. The van der Waals surface area contributed by atoms with Crippen molar-refractivity contribution >= 4 is 23.2 Å². The number of nitrogens with one attached hydrogen (secondary N) is 2. The molecule has 1 atom stereocenters. The summed E-state index contributed by atoms with van der Waals surface area (Å²) in [6, 6.07) is 12.8. The van der Waals surface area contributed by atoms with Crippen molar-refractivity contribution in [3.8, 4) is 0 Å². The smallest absolute Gasteiger partial charge is 0.286 e. The zero-order valence-corrected chi connectivity index (χ0v) is 15.3. The molecule has 2 amide bonds. The summed E-state index contributed by atoms with van der Waals surface area (Å²) in [5.74, 6) is -0.510. The normalized spacial score (nSPS) is 11.7. The van der Waals surface area contributed by atoms with Crippen LogP contribution < -0.4 is 10.6 Å². The summed E-state index contributed by atoms with van der Waals surface area (Å²) in [6.45, 7) is 0.368. The molecule has 140 valence electrons. The number of rotatable bonds is 8. The number of thiophene rings is 1. The van der Waals surface area contributed by atoms with Crippen molar-refractivity contribution in [2.75, 3.05) is 6.54 Å². The Kier molecular flexibility index (Phi) is 6.38. The average molecular weight is 386 g/mol. The highest BCUT2D eigenvalue weighted by atomic mass is 32.1. The maximum Gasteiger partial charge on any atom is 0.286 e. The fraction of sp³-hybridized carbons (Fsp3) is 0.200. The second-order valence-electron chi connectivity index (χ2n) is 5.90. The van der Waals surface area contributed by atoms with Gasteiger partial charge in [-0.3, -0.25) is 9.59 Å². The lowest BCUT2D eigenvalue weighted by Crippen LogP contribution is -2.30. The van der Waals surface area contributed by atoms with Gasteiger partial charge in [0.1, 0.15) is 5.82 Å². The first-order valence-corrected chi connectivity index (χ1v) is 9.41. The van der Waals surface area contributed by atoms with E-state index >= 15 is 0 Å². The van der Waals surface area contributed by atoms with Gasteiger partial charge in [-0.05, 0) is 47.7 Å². The molecule has 0 bridgehead atoms. The van der Waals surface area contributed by atoms with Crippen molar-refractivity contribution < 1.29 is 18.4 Å². The standard InChI is InChI=1S/C20H19FN2O3S/c21-15-9-7-14(8-10-15)19(17-5-3-13-27-17)23-18(24)6-1-11-22-20(25)16-4-2-12-26-16/h2-5,7-10,12-13,19H,1,6,11H2,(H,22,25)(H,23,24)/t19-/m1/s1. The van der Waals surface area contributed by atoms with Crippen LogP contribution in [0.4, 0.5) is 4.39 Å². The van der Waals surface area contributed by atoms with Crippen LogP contribution in [0, 0.1) is 5.82 Å². The Hall–Kier alpha value is -2.93. The Morgan fingerprint density at radius 3 is 2.59 bits per heavy atom. The number of hydrogen-bond donors (Lipinski definition) is 2. The third-order valence-corrected chi connectivity index (χ3v) is 4.88. The zero-order chi connectivity index (χ0) is 19.1. The summed E-state index contributed by atoms with van der Waals surface area (Å²) in [7, 11) is 0. The van der Waals surface area contributed by atoms with E-state index in [9.17, 15) is 14.0 Å². The van der Waals surface area contributed by atoms with E-state index in [1.54, 1.807) is 24.3 Å². The monoisotopic (exact) mass is 386 g/mol. The van der Waals surface area contributed by atoms with Crippen molar-refractivity contribution in [1.82, 2.24) is 10.6 Å². The third-order valence-electron chi connectivity index (χ3n) is 3.95. The number of carbonyl (C=O) groups is 2. The number of carbonyl (C=O) groups excluding carboxylic acids is 2. The molecule has 3 aromatic rings. The van der Waals surface area contributed by atoms with E-state index in [1.165, 1.54) is 29.7 Å². The fourth-order valence-corrected chi connectivity index (χ4v) is 3.41. The minimum atomic E-state index is -0.323. The van der Waals surface area contributed by atoms with Gasteiger partial charge in [-0.1, -0.05) is 18.2 Å². The maximum atomic E-state index is 13.2. The summed E-state index contributed by atoms with van der Waals surface area (Å²) in [4.78, 5) is 25.1. The van der Waals surface area contributed by atoms with Gasteiger partial charge in [0.25, 0.3) is 5.91 Å². The lowest BCUT2D eigenvalue weighted by molar-refractivity contribution is -0.121. The topological polar surface area (TPSA) is 71.3 Å². The van der Waals surface area contributed by atoms with Gasteiger partial charge in [0.05, 0.1) is 12.3 Å². The zero-order valence-electron chi connectivity index (χ0n) is 14.5. The van der Waals surface area contributed by atoms with Gasteiger partial charge in [0.2, 0.25) is 5.91 Å². The first kappa shape index (κ1) is 18.8. The molecule has 2 aromatic heterocycles. The van der Waals surface area contributed by atoms with Crippen LogP contribution in [-0.2, 0) is 4.79 Å². The van der Waals surface area contributed by atoms with E-state index in [-0.39, 0.29) is 35.9 Å². The first-order chi connectivity index (χ1) is 13.1. The van der Waals surface area contributed by atoms with E-state index in [1.807, 2.05) is 17.5 Å². The third kappa shape index (κ3) is 5.27. The molecule has 3 rings (SSSR count). The van der Waals surface area contributed by atoms with Crippen LogP contribution in [0.15, 0.2) is 64.6 Å². The molecule has 5 nitrogen and oxygen atoms in total.